The third-order valence-electron chi connectivity index (χ3n) is 6.74. The number of aromatic nitrogens is 4. The molecule has 0 amide bonds. The molecule has 0 radical (unpaired) electrons. The number of amidine groups is 1. The molecule has 0 bridgehead atoms. The molecular formula is C36H35N7. The van der Waals surface area contributed by atoms with Gasteiger partial charge in [0.1, 0.15) is 11.7 Å². The van der Waals surface area contributed by atoms with Crippen molar-refractivity contribution >= 4 is 28.1 Å². The third-order valence-corrected chi connectivity index (χ3v) is 6.74. The molecule has 5 N–H and O–H groups in total. The van der Waals surface area contributed by atoms with Gasteiger partial charge in [-0.2, -0.15) is 0 Å². The molecule has 7 nitrogen and oxygen atoms in total. The molecule has 0 saturated carbocycles. The van der Waals surface area contributed by atoms with Crippen molar-refractivity contribution in [3.63, 3.8) is 0 Å². The van der Waals surface area contributed by atoms with Gasteiger partial charge in [-0.3, -0.25) is 9.97 Å². The van der Waals surface area contributed by atoms with Gasteiger partial charge in [-0.15, -0.1) is 12.8 Å². The van der Waals surface area contributed by atoms with Crippen LogP contribution < -0.4 is 11.5 Å². The minimum absolute atomic E-state index is 0.443. The van der Waals surface area contributed by atoms with Gasteiger partial charge >= 0.3 is 0 Å². The molecule has 0 aliphatic carbocycles. The Bertz CT molecular complexity index is 1840. The number of pyridine rings is 2. The number of anilines is 1. The Balaban J connectivity index is 0.00000207. The number of nitrogen functional groups attached to an aromatic ring is 1. The zero-order valence-corrected chi connectivity index (χ0v) is 24.5. The maximum atomic E-state index is 6.37. The van der Waals surface area contributed by atoms with Crippen LogP contribution in [0.4, 0.5) is 5.69 Å². The Kier molecular flexibility index (Phi) is 10.0. The molecule has 0 aliphatic rings. The Morgan fingerprint density at radius 3 is 2.53 bits per heavy atom. The van der Waals surface area contributed by atoms with Crippen LogP contribution >= 0.6 is 0 Å². The zero-order chi connectivity index (χ0) is 30.8. The van der Waals surface area contributed by atoms with Gasteiger partial charge in [0, 0.05) is 18.2 Å². The first-order chi connectivity index (χ1) is 20.9. The lowest BCUT2D eigenvalue weighted by Gasteiger charge is -2.09. The van der Waals surface area contributed by atoms with Crippen molar-refractivity contribution in [1.29, 1.82) is 0 Å². The van der Waals surface area contributed by atoms with Crippen molar-refractivity contribution < 1.29 is 0 Å². The lowest BCUT2D eigenvalue weighted by Crippen LogP contribution is -2.15. The van der Waals surface area contributed by atoms with Crippen LogP contribution in [-0.2, 0) is 12.8 Å². The predicted octanol–water partition coefficient (Wildman–Crippen LogP) is 6.82. The number of imidazole rings is 1. The lowest BCUT2D eigenvalue weighted by atomic mass is 10.0. The van der Waals surface area contributed by atoms with Crippen LogP contribution in [-0.4, -0.2) is 25.8 Å². The van der Waals surface area contributed by atoms with Crippen molar-refractivity contribution in [2.24, 2.45) is 10.7 Å². The van der Waals surface area contributed by atoms with Crippen molar-refractivity contribution in [2.45, 2.75) is 26.7 Å². The summed E-state index contributed by atoms with van der Waals surface area (Å²) in [5.74, 6) is 1.27. The number of fused-ring (bicyclic) bond motifs is 1. The number of allylic oxidation sites excluding steroid dienone is 4. The SMILES string of the molecule is C#C.C=C/C(=C\C(=C/C)c1ccc(N)c(Cc2nc3c(-c4cccc(C)c4)cncc3[nH]2)n1)N=C(N)Cc1ccccc1. The van der Waals surface area contributed by atoms with E-state index in [0.29, 0.717) is 30.1 Å². The second-order valence-electron chi connectivity index (χ2n) is 9.83. The summed E-state index contributed by atoms with van der Waals surface area (Å²) in [6.45, 7) is 7.96. The first-order valence-electron chi connectivity index (χ1n) is 13.8. The molecule has 43 heavy (non-hydrogen) atoms. The van der Waals surface area contributed by atoms with Crippen molar-refractivity contribution in [3.05, 3.63) is 138 Å². The van der Waals surface area contributed by atoms with Gasteiger partial charge in [0.05, 0.1) is 46.4 Å². The summed E-state index contributed by atoms with van der Waals surface area (Å²) in [6.07, 6.45) is 18.2. The van der Waals surface area contributed by atoms with E-state index >= 15 is 0 Å². The van der Waals surface area contributed by atoms with Gasteiger partial charge in [0.15, 0.2) is 0 Å². The fourth-order valence-corrected chi connectivity index (χ4v) is 4.68. The van der Waals surface area contributed by atoms with Crippen LogP contribution in [0.25, 0.3) is 27.7 Å². The predicted molar refractivity (Wildman–Crippen MR) is 179 cm³/mol. The van der Waals surface area contributed by atoms with Gasteiger partial charge in [0.2, 0.25) is 0 Å². The topological polar surface area (TPSA) is 119 Å². The molecule has 0 saturated heterocycles. The van der Waals surface area contributed by atoms with E-state index in [9.17, 15) is 0 Å². The van der Waals surface area contributed by atoms with Gasteiger partial charge in [-0.25, -0.2) is 9.98 Å². The van der Waals surface area contributed by atoms with Crippen LogP contribution in [0.15, 0.2) is 115 Å². The third kappa shape index (κ3) is 7.51. The first kappa shape index (κ1) is 30.2. The second kappa shape index (κ2) is 14.2. The van der Waals surface area contributed by atoms with Gasteiger partial charge in [-0.1, -0.05) is 72.8 Å². The Hall–Kier alpha value is -5.74. The normalized spacial score (nSPS) is 12.0. The fourth-order valence-electron chi connectivity index (χ4n) is 4.68. The fraction of sp³-hybridized carbons (Fsp3) is 0.111. The van der Waals surface area contributed by atoms with Crippen molar-refractivity contribution in [1.82, 2.24) is 19.9 Å². The molecule has 5 aromatic rings. The van der Waals surface area contributed by atoms with E-state index in [2.05, 4.69) is 59.5 Å². The van der Waals surface area contributed by atoms with Crippen LogP contribution in [0, 0.1) is 19.8 Å². The maximum Gasteiger partial charge on any atom is 0.113 e. The number of benzene rings is 2. The van der Waals surface area contributed by atoms with Crippen LogP contribution in [0.3, 0.4) is 0 Å². The van der Waals surface area contributed by atoms with E-state index in [0.717, 1.165) is 50.5 Å². The average molecular weight is 566 g/mol. The molecule has 0 fully saturated rings. The molecule has 2 aromatic carbocycles. The summed E-state index contributed by atoms with van der Waals surface area (Å²) in [5.41, 5.74) is 22.3. The summed E-state index contributed by atoms with van der Waals surface area (Å²) in [5, 5.41) is 0. The number of aromatic amines is 1. The van der Waals surface area contributed by atoms with Gasteiger partial charge in [0.25, 0.3) is 0 Å². The van der Waals surface area contributed by atoms with Crippen LogP contribution in [0.1, 0.15) is 35.3 Å². The van der Waals surface area contributed by atoms with E-state index in [1.807, 2.05) is 73.8 Å². The molecule has 0 spiro atoms. The van der Waals surface area contributed by atoms with Crippen LogP contribution in [0.5, 0.6) is 0 Å². The van der Waals surface area contributed by atoms with E-state index in [1.165, 1.54) is 5.56 Å². The number of hydrogen-bond donors (Lipinski definition) is 3. The molecule has 5 rings (SSSR count). The number of nitrogens with one attached hydrogen (secondary N) is 1. The number of hydrogen-bond acceptors (Lipinski definition) is 5. The molecule has 7 heteroatoms. The molecule has 0 aliphatic heterocycles. The zero-order valence-electron chi connectivity index (χ0n) is 24.5. The standard InChI is InChI=1S/C34H33N7.C2H2/c1-4-24(18-26(5-2)38-32(36)17-23-11-7-6-8-12-23)29-15-14-28(35)30(39-29)19-33-40-31-21-37-20-27(34(31)41-33)25-13-9-10-22(3)16-25;1-2/h4-16,18,20-21H,2,17,19,35H2,1,3H3,(H2,36,38)(H,40,41);1-2H/b24-4+,26-18+;. The summed E-state index contributed by atoms with van der Waals surface area (Å²) in [4.78, 5) is 22.3. The highest BCUT2D eigenvalue weighted by Gasteiger charge is 2.13. The Labute approximate surface area is 252 Å². The molecule has 3 heterocycles. The molecule has 3 aromatic heterocycles. The minimum atomic E-state index is 0.443. The molecular weight excluding hydrogens is 530 g/mol. The quantitative estimate of drug-likeness (QED) is 0.0784. The number of rotatable bonds is 9. The molecule has 214 valence electrons. The number of nitrogens with zero attached hydrogens (tertiary/aromatic N) is 4. The average Bonchev–Trinajstić information content (AvgIpc) is 3.44. The first-order valence-corrected chi connectivity index (χ1v) is 13.8. The monoisotopic (exact) mass is 565 g/mol. The number of terminal acetylenes is 1. The highest BCUT2D eigenvalue weighted by Crippen LogP contribution is 2.28. The van der Waals surface area contributed by atoms with Crippen molar-refractivity contribution in [3.8, 4) is 24.0 Å². The largest absolute Gasteiger partial charge is 0.397 e. The van der Waals surface area contributed by atoms with Crippen molar-refractivity contribution in [2.75, 3.05) is 5.73 Å². The molecule has 0 atom stereocenters. The van der Waals surface area contributed by atoms with E-state index in [4.69, 9.17) is 21.4 Å². The number of aryl methyl sites for hydroxylation is 1. The number of nitrogens with two attached hydrogens (primary N) is 2. The summed E-state index contributed by atoms with van der Waals surface area (Å²) in [7, 11) is 0. The maximum absolute atomic E-state index is 6.37. The highest BCUT2D eigenvalue weighted by molar-refractivity contribution is 5.91. The summed E-state index contributed by atoms with van der Waals surface area (Å²) >= 11 is 0. The van der Waals surface area contributed by atoms with E-state index in [-0.39, 0.29) is 0 Å². The highest BCUT2D eigenvalue weighted by atomic mass is 14.9. The number of aliphatic imine (C=N–C) groups is 1. The van der Waals surface area contributed by atoms with Crippen LogP contribution in [0.2, 0.25) is 0 Å². The summed E-state index contributed by atoms with van der Waals surface area (Å²) < 4.78 is 0. The number of H-pyrrole nitrogens is 1. The van der Waals surface area contributed by atoms with Gasteiger partial charge in [-0.05, 0) is 54.8 Å². The smallest absolute Gasteiger partial charge is 0.113 e. The lowest BCUT2D eigenvalue weighted by molar-refractivity contribution is 0.983. The Morgan fingerprint density at radius 2 is 1.81 bits per heavy atom. The minimum Gasteiger partial charge on any atom is -0.397 e. The summed E-state index contributed by atoms with van der Waals surface area (Å²) in [6, 6.07) is 22.1. The Morgan fingerprint density at radius 1 is 1.02 bits per heavy atom. The van der Waals surface area contributed by atoms with E-state index in [1.54, 1.807) is 12.3 Å². The van der Waals surface area contributed by atoms with E-state index < -0.39 is 0 Å². The second-order valence-corrected chi connectivity index (χ2v) is 9.83. The molecule has 0 unspecified atom stereocenters. The van der Waals surface area contributed by atoms with Gasteiger partial charge < -0.3 is 16.5 Å².